The van der Waals surface area contributed by atoms with Gasteiger partial charge in [0.05, 0.1) is 23.6 Å². The van der Waals surface area contributed by atoms with E-state index < -0.39 is 0 Å². The van der Waals surface area contributed by atoms with Crippen LogP contribution in [0.2, 0.25) is 0 Å². The molecule has 0 nitrogen and oxygen atoms in total. The Kier molecular flexibility index (Phi) is 1.91. The van der Waals surface area contributed by atoms with Crippen LogP contribution in [0.5, 0.6) is 0 Å². The third kappa shape index (κ3) is 1.37. The molecule has 0 heterocycles. The summed E-state index contributed by atoms with van der Waals surface area (Å²) in [5, 5.41) is 0. The van der Waals surface area contributed by atoms with Crippen LogP contribution >= 0.6 is 0 Å². The summed E-state index contributed by atoms with van der Waals surface area (Å²) in [7, 11) is 0. The Labute approximate surface area is 80.3 Å². The van der Waals surface area contributed by atoms with Gasteiger partial charge in [-0.25, -0.2) is 0 Å². The van der Waals surface area contributed by atoms with Gasteiger partial charge >= 0.3 is 0 Å². The lowest BCUT2D eigenvalue weighted by Crippen LogP contribution is -2.14. The molecule has 0 aromatic rings. The Balaban J connectivity index is 2.29. The van der Waals surface area contributed by atoms with Crippen molar-refractivity contribution in [2.75, 3.05) is 0 Å². The van der Waals surface area contributed by atoms with Crippen molar-refractivity contribution in [3.8, 4) is 0 Å². The smallest absolute Gasteiger partial charge is 0.0804 e. The predicted octanol–water partition coefficient (Wildman–Crippen LogP) is 3.60. The third-order valence-electron chi connectivity index (χ3n) is 2.88. The molecule has 0 radical (unpaired) electrons. The average molecular weight is 171 g/mol. The summed E-state index contributed by atoms with van der Waals surface area (Å²) < 4.78 is 0. The highest BCUT2D eigenvalue weighted by molar-refractivity contribution is 5.47. The molecule has 0 unspecified atom stereocenters. The topological polar surface area (TPSA) is 0 Å². The van der Waals surface area contributed by atoms with Crippen LogP contribution in [0.1, 0.15) is 20.3 Å². The van der Waals surface area contributed by atoms with Crippen LogP contribution in [0.15, 0.2) is 47.6 Å². The van der Waals surface area contributed by atoms with Crippen LogP contribution < -0.4 is 0 Å². The molecular formula is C13H15+. The maximum absolute atomic E-state index is 2.31. The second-order valence-corrected chi connectivity index (χ2v) is 4.10. The van der Waals surface area contributed by atoms with Crippen LogP contribution in [0.25, 0.3) is 0 Å². The molecule has 0 atom stereocenters. The highest BCUT2D eigenvalue weighted by atomic mass is 14.3. The van der Waals surface area contributed by atoms with Gasteiger partial charge in [0, 0.05) is 6.42 Å². The van der Waals surface area contributed by atoms with Gasteiger partial charge in [-0.2, -0.15) is 0 Å². The normalized spacial score (nSPS) is 20.2. The summed E-state index contributed by atoms with van der Waals surface area (Å²) in [5.74, 6) is 0. The monoisotopic (exact) mass is 171 g/mol. The Bertz CT molecular complexity index is 290. The molecule has 0 saturated heterocycles. The van der Waals surface area contributed by atoms with Crippen LogP contribution in [0, 0.1) is 11.8 Å². The van der Waals surface area contributed by atoms with Crippen molar-refractivity contribution in [1.29, 1.82) is 0 Å². The number of hydrogen-bond donors (Lipinski definition) is 0. The molecule has 0 bridgehead atoms. The van der Waals surface area contributed by atoms with E-state index in [1.807, 2.05) is 0 Å². The van der Waals surface area contributed by atoms with Crippen molar-refractivity contribution in [1.82, 2.24) is 0 Å². The van der Waals surface area contributed by atoms with Crippen LogP contribution in [0.3, 0.4) is 0 Å². The molecule has 0 spiro atoms. The fraction of sp³-hybridized carbons (Fsp3) is 0.308. The Morgan fingerprint density at radius 2 is 2.08 bits per heavy atom. The lowest BCUT2D eigenvalue weighted by atomic mass is 9.78. The zero-order chi connectivity index (χ0) is 9.31. The van der Waals surface area contributed by atoms with Crippen LogP contribution in [-0.2, 0) is 0 Å². The van der Waals surface area contributed by atoms with E-state index in [4.69, 9.17) is 0 Å². The largest absolute Gasteiger partial charge is 0.103 e. The van der Waals surface area contributed by atoms with Gasteiger partial charge in [-0.1, -0.05) is 18.2 Å². The van der Waals surface area contributed by atoms with E-state index in [1.54, 1.807) is 0 Å². The van der Waals surface area contributed by atoms with E-state index in [9.17, 15) is 0 Å². The first kappa shape index (κ1) is 8.43. The van der Waals surface area contributed by atoms with E-state index in [0.29, 0.717) is 0 Å². The van der Waals surface area contributed by atoms with Gasteiger partial charge in [0.1, 0.15) is 5.57 Å². The second-order valence-electron chi connectivity index (χ2n) is 4.10. The van der Waals surface area contributed by atoms with E-state index in [-0.39, 0.29) is 5.41 Å². The SMILES string of the molecule is CC(C)(C1=C[CH+]C=C1)C1=CCC=C1. The van der Waals surface area contributed by atoms with Crippen molar-refractivity contribution < 1.29 is 0 Å². The summed E-state index contributed by atoms with van der Waals surface area (Å²) in [5.41, 5.74) is 3.03. The molecule has 2 aliphatic rings. The molecule has 66 valence electrons. The molecule has 0 aliphatic heterocycles. The molecule has 2 aliphatic carbocycles. The minimum absolute atomic E-state index is 0.177. The minimum Gasteiger partial charge on any atom is -0.0804 e. The van der Waals surface area contributed by atoms with Crippen molar-refractivity contribution in [3.63, 3.8) is 0 Å². The molecule has 0 fully saturated rings. The zero-order valence-electron chi connectivity index (χ0n) is 8.25. The van der Waals surface area contributed by atoms with Gasteiger partial charge in [-0.3, -0.25) is 0 Å². The average Bonchev–Trinajstić information content (AvgIpc) is 2.78. The highest BCUT2D eigenvalue weighted by Gasteiger charge is 2.32. The number of rotatable bonds is 2. The summed E-state index contributed by atoms with van der Waals surface area (Å²) in [6, 6.07) is 0. The van der Waals surface area contributed by atoms with Crippen molar-refractivity contribution in [3.05, 3.63) is 54.0 Å². The van der Waals surface area contributed by atoms with E-state index in [0.717, 1.165) is 6.42 Å². The first-order valence-electron chi connectivity index (χ1n) is 4.80. The summed E-state index contributed by atoms with van der Waals surface area (Å²) in [6.07, 6.45) is 16.5. The first-order valence-corrected chi connectivity index (χ1v) is 4.80. The maximum Gasteiger partial charge on any atom is 0.103 e. The molecule has 0 heteroatoms. The summed E-state index contributed by atoms with van der Waals surface area (Å²) in [6.45, 7) is 4.56. The zero-order valence-corrected chi connectivity index (χ0v) is 8.25. The Morgan fingerprint density at radius 3 is 2.62 bits per heavy atom. The molecular weight excluding hydrogens is 156 g/mol. The Hall–Kier alpha value is -1.17. The van der Waals surface area contributed by atoms with Crippen LogP contribution in [0.4, 0.5) is 0 Å². The van der Waals surface area contributed by atoms with Gasteiger partial charge in [0.15, 0.2) is 0 Å². The fourth-order valence-corrected chi connectivity index (χ4v) is 1.88. The van der Waals surface area contributed by atoms with Gasteiger partial charge in [-0.15, -0.1) is 0 Å². The van der Waals surface area contributed by atoms with Gasteiger partial charge in [0.2, 0.25) is 0 Å². The van der Waals surface area contributed by atoms with E-state index >= 15 is 0 Å². The molecule has 0 amide bonds. The lowest BCUT2D eigenvalue weighted by molar-refractivity contribution is 0.568. The van der Waals surface area contributed by atoms with Gasteiger partial charge in [-0.05, 0) is 25.8 Å². The first-order chi connectivity index (χ1) is 6.21. The highest BCUT2D eigenvalue weighted by Crippen LogP contribution is 2.39. The van der Waals surface area contributed by atoms with Crippen molar-refractivity contribution >= 4 is 0 Å². The molecule has 0 saturated carbocycles. The number of hydrogen-bond acceptors (Lipinski definition) is 0. The quantitative estimate of drug-likeness (QED) is 0.557. The molecule has 13 heavy (non-hydrogen) atoms. The molecule has 0 N–H and O–H groups in total. The molecule has 2 rings (SSSR count). The predicted molar refractivity (Wildman–Crippen MR) is 57.1 cm³/mol. The van der Waals surface area contributed by atoms with Gasteiger partial charge in [0.25, 0.3) is 0 Å². The Morgan fingerprint density at radius 1 is 1.23 bits per heavy atom. The lowest BCUT2D eigenvalue weighted by Gasteiger charge is -2.20. The fourth-order valence-electron chi connectivity index (χ4n) is 1.88. The molecule has 0 aromatic carbocycles. The van der Waals surface area contributed by atoms with Crippen molar-refractivity contribution in [2.45, 2.75) is 20.3 Å². The summed E-state index contributed by atoms with van der Waals surface area (Å²) >= 11 is 0. The third-order valence-corrected chi connectivity index (χ3v) is 2.88. The maximum atomic E-state index is 2.31. The minimum atomic E-state index is 0.177. The molecule has 0 aromatic heterocycles. The van der Waals surface area contributed by atoms with E-state index in [2.05, 4.69) is 56.7 Å². The van der Waals surface area contributed by atoms with Crippen molar-refractivity contribution in [2.24, 2.45) is 5.41 Å². The number of allylic oxidation sites excluding steroid dienone is 8. The van der Waals surface area contributed by atoms with Crippen LogP contribution in [-0.4, -0.2) is 0 Å². The van der Waals surface area contributed by atoms with Gasteiger partial charge < -0.3 is 0 Å². The van der Waals surface area contributed by atoms with E-state index in [1.165, 1.54) is 11.1 Å². The second kappa shape index (κ2) is 2.95. The standard InChI is InChI=1S/C13H15/c1-13(2,11-7-3-4-8-11)12-9-5-6-10-12/h3-5,7-10H,6H2,1-2H3/q+1. The summed E-state index contributed by atoms with van der Waals surface area (Å²) in [4.78, 5) is 0.